The molecule has 0 aliphatic rings. The number of rotatable bonds is 1. The fourth-order valence-corrected chi connectivity index (χ4v) is 0. The molecule has 0 aromatic rings. The lowest BCUT2D eigenvalue weighted by Gasteiger charge is -1.83. The molecule has 5 heavy (non-hydrogen) atoms. The van der Waals surface area contributed by atoms with Crippen molar-refractivity contribution in [3.63, 3.8) is 0 Å². The predicted octanol–water partition coefficient (Wildman–Crippen LogP) is 1.29. The molecule has 0 aliphatic carbocycles. The van der Waals surface area contributed by atoms with Gasteiger partial charge in [-0.2, -0.15) is 4.39 Å². The van der Waals surface area contributed by atoms with Crippen LogP contribution in [0.1, 0.15) is 0 Å². The Kier molecular flexibility index (Phi) is 2.51. The van der Waals surface area contributed by atoms with Gasteiger partial charge < -0.3 is 4.74 Å². The van der Waals surface area contributed by atoms with Gasteiger partial charge >= 0.3 is 5.82 Å². The van der Waals surface area contributed by atoms with Crippen LogP contribution < -0.4 is 0 Å². The molecule has 0 saturated carbocycles. The maximum absolute atomic E-state index is 10.9. The van der Waals surface area contributed by atoms with E-state index in [0.717, 1.165) is 7.11 Å². The van der Waals surface area contributed by atoms with Gasteiger partial charge in [-0.15, -0.1) is 0 Å². The molecule has 0 heterocycles. The van der Waals surface area contributed by atoms with Crippen molar-refractivity contribution in [1.29, 1.82) is 0 Å². The van der Waals surface area contributed by atoms with E-state index in [4.69, 9.17) is 0 Å². The summed E-state index contributed by atoms with van der Waals surface area (Å²) in [5.41, 5.74) is 0. The van der Waals surface area contributed by atoms with Gasteiger partial charge in [-0.3, -0.25) is 0 Å². The number of hydrogen-bond donors (Lipinski definition) is 0. The van der Waals surface area contributed by atoms with Crippen LogP contribution in [0, 0.1) is 5.82 Å². The number of hydrogen-bond acceptors (Lipinski definition) is 1. The number of halogens is 2. The minimum absolute atomic E-state index is 1.02. The molecule has 1 radical (unpaired) electrons. The zero-order chi connectivity index (χ0) is 4.28. The Labute approximate surface area is 34.7 Å². The minimum Gasteiger partial charge on any atom is -0.332 e. The first kappa shape index (κ1) is 5.18. The third-order valence-electron chi connectivity index (χ3n) is 0.154. The van der Waals surface area contributed by atoms with Crippen LogP contribution in [0.15, 0.2) is 0 Å². The van der Waals surface area contributed by atoms with Gasteiger partial charge in [-0.25, -0.2) is 0 Å². The Bertz CT molecular complexity index is 23.6. The average molecular weight is 97.5 g/mol. The van der Waals surface area contributed by atoms with Crippen molar-refractivity contribution in [2.75, 3.05) is 7.11 Å². The monoisotopic (exact) mass is 97.0 g/mol. The zero-order valence-electron chi connectivity index (χ0n) is 2.66. The lowest BCUT2D eigenvalue weighted by molar-refractivity contribution is 0.160. The topological polar surface area (TPSA) is 9.23 Å². The van der Waals surface area contributed by atoms with Crippen molar-refractivity contribution in [3.8, 4) is 0 Å². The van der Waals surface area contributed by atoms with E-state index in [2.05, 4.69) is 16.3 Å². The van der Waals surface area contributed by atoms with Crippen LogP contribution in [-0.2, 0) is 4.74 Å². The minimum atomic E-state index is -1.02. The van der Waals surface area contributed by atoms with Gasteiger partial charge in [-0.1, -0.05) is 0 Å². The Hall–Kier alpha value is 0.180. The summed E-state index contributed by atoms with van der Waals surface area (Å²) in [5.74, 6) is -1.02. The second-order valence-corrected chi connectivity index (χ2v) is 0.727. The fourth-order valence-electron chi connectivity index (χ4n) is 0. The van der Waals surface area contributed by atoms with E-state index in [1.807, 2.05) is 0 Å². The molecule has 3 heteroatoms. The van der Waals surface area contributed by atoms with E-state index < -0.39 is 5.82 Å². The maximum atomic E-state index is 10.9. The number of methoxy groups -OCH3 is 1. The van der Waals surface area contributed by atoms with Crippen molar-refractivity contribution in [2.24, 2.45) is 0 Å². The van der Waals surface area contributed by atoms with Crippen molar-refractivity contribution < 1.29 is 9.13 Å². The molecule has 0 aromatic heterocycles. The molecule has 0 amide bonds. The molecule has 0 rings (SSSR count). The second kappa shape index (κ2) is 2.42. The van der Waals surface area contributed by atoms with Crippen LogP contribution in [0.2, 0.25) is 0 Å². The Balaban J connectivity index is 2.54. The standard InChI is InChI=1S/C2H3ClFO/c1-5-2(3)4/h1H3. The zero-order valence-corrected chi connectivity index (χ0v) is 3.42. The molecule has 0 fully saturated rings. The summed E-state index contributed by atoms with van der Waals surface area (Å²) >= 11 is 4.49. The molecule has 0 unspecified atom stereocenters. The Morgan fingerprint density at radius 2 is 2.20 bits per heavy atom. The molecule has 0 N–H and O–H groups in total. The highest BCUT2D eigenvalue weighted by Gasteiger charge is 1.92. The molecular weight excluding hydrogens is 94.5 g/mol. The largest absolute Gasteiger partial charge is 0.361 e. The van der Waals surface area contributed by atoms with Crippen molar-refractivity contribution in [3.05, 3.63) is 5.82 Å². The SMILES string of the molecule is CO[C](F)Cl. The van der Waals surface area contributed by atoms with Crippen molar-refractivity contribution >= 4 is 11.6 Å². The maximum Gasteiger partial charge on any atom is 0.361 e. The predicted molar refractivity (Wildman–Crippen MR) is 17.2 cm³/mol. The summed E-state index contributed by atoms with van der Waals surface area (Å²) in [6, 6.07) is 0. The molecule has 0 saturated heterocycles. The van der Waals surface area contributed by atoms with Gasteiger partial charge in [0, 0.05) is 7.11 Å². The third-order valence-corrected chi connectivity index (χ3v) is 0.309. The summed E-state index contributed by atoms with van der Waals surface area (Å²) in [5, 5.41) is 0. The Morgan fingerprint density at radius 1 is 2.00 bits per heavy atom. The van der Waals surface area contributed by atoms with E-state index in [1.165, 1.54) is 0 Å². The van der Waals surface area contributed by atoms with Gasteiger partial charge in [-0.05, 0) is 11.6 Å². The highest BCUT2D eigenvalue weighted by atomic mass is 35.5. The van der Waals surface area contributed by atoms with Crippen LogP contribution >= 0.6 is 11.6 Å². The first-order chi connectivity index (χ1) is 2.27. The number of ether oxygens (including phenoxy) is 1. The summed E-state index contributed by atoms with van der Waals surface area (Å²) < 4.78 is 14.7. The first-order valence-corrected chi connectivity index (χ1v) is 1.37. The summed E-state index contributed by atoms with van der Waals surface area (Å²) in [6.07, 6.45) is 0. The highest BCUT2D eigenvalue weighted by Crippen LogP contribution is 2.04. The molecule has 1 nitrogen and oxygen atoms in total. The third kappa shape index (κ3) is 4.18. The van der Waals surface area contributed by atoms with Crippen LogP contribution in [-0.4, -0.2) is 7.11 Å². The molecule has 0 bridgehead atoms. The highest BCUT2D eigenvalue weighted by molar-refractivity contribution is 6.24. The van der Waals surface area contributed by atoms with Crippen LogP contribution in [0.3, 0.4) is 0 Å². The van der Waals surface area contributed by atoms with Crippen molar-refractivity contribution in [1.82, 2.24) is 0 Å². The lowest BCUT2D eigenvalue weighted by atomic mass is 11.5. The summed E-state index contributed by atoms with van der Waals surface area (Å²) in [4.78, 5) is 0. The van der Waals surface area contributed by atoms with Gasteiger partial charge in [0.1, 0.15) is 0 Å². The summed E-state index contributed by atoms with van der Waals surface area (Å²) in [6.45, 7) is 0. The van der Waals surface area contributed by atoms with E-state index >= 15 is 0 Å². The van der Waals surface area contributed by atoms with E-state index in [9.17, 15) is 4.39 Å². The smallest absolute Gasteiger partial charge is 0.332 e. The quantitative estimate of drug-likeness (QED) is 0.479. The van der Waals surface area contributed by atoms with E-state index in [0.29, 0.717) is 0 Å². The first-order valence-electron chi connectivity index (χ1n) is 0.990. The van der Waals surface area contributed by atoms with Crippen LogP contribution in [0.5, 0.6) is 0 Å². The molecule has 0 aromatic carbocycles. The fraction of sp³-hybridized carbons (Fsp3) is 0.500. The van der Waals surface area contributed by atoms with Crippen molar-refractivity contribution in [2.45, 2.75) is 0 Å². The van der Waals surface area contributed by atoms with Gasteiger partial charge in [0.15, 0.2) is 0 Å². The normalized spacial score (nSPS) is 9.60. The van der Waals surface area contributed by atoms with Gasteiger partial charge in [0.25, 0.3) is 0 Å². The van der Waals surface area contributed by atoms with E-state index in [1.54, 1.807) is 0 Å². The van der Waals surface area contributed by atoms with Crippen LogP contribution in [0.25, 0.3) is 0 Å². The lowest BCUT2D eigenvalue weighted by Crippen LogP contribution is -1.75. The van der Waals surface area contributed by atoms with Crippen LogP contribution in [0.4, 0.5) is 4.39 Å². The second-order valence-electron chi connectivity index (χ2n) is 0.430. The molecule has 0 spiro atoms. The average Bonchev–Trinajstić information content (AvgIpc) is 1.38. The van der Waals surface area contributed by atoms with Gasteiger partial charge in [0.05, 0.1) is 0 Å². The molecule has 31 valence electrons. The molecule has 0 atom stereocenters. The Morgan fingerprint density at radius 3 is 2.20 bits per heavy atom. The van der Waals surface area contributed by atoms with Gasteiger partial charge in [0.2, 0.25) is 0 Å². The molecular formula is C2H3ClFO. The molecule has 0 aliphatic heterocycles. The van der Waals surface area contributed by atoms with E-state index in [-0.39, 0.29) is 0 Å². The summed E-state index contributed by atoms with van der Waals surface area (Å²) in [7, 11) is 1.16.